The number of hydrogen-bond acceptors (Lipinski definition) is 1. The molecule has 0 radical (unpaired) electrons. The van der Waals surface area contributed by atoms with Crippen LogP contribution in [0.5, 0.6) is 0 Å². The Morgan fingerprint density at radius 2 is 2.25 bits per heavy atom. The second-order valence-electron chi connectivity index (χ2n) is 3.71. The smallest absolute Gasteiger partial charge is 0.134 e. The van der Waals surface area contributed by atoms with Gasteiger partial charge in [-0.1, -0.05) is 57.9 Å². The number of benzene rings is 1. The lowest BCUT2D eigenvalue weighted by Gasteiger charge is -2.20. The fourth-order valence-corrected chi connectivity index (χ4v) is 2.32. The van der Waals surface area contributed by atoms with Crippen LogP contribution in [-0.2, 0) is 0 Å². The van der Waals surface area contributed by atoms with Crippen LogP contribution in [0.2, 0.25) is 5.02 Å². The summed E-state index contributed by atoms with van der Waals surface area (Å²) in [6.07, 6.45) is 6.43. The molecule has 0 spiro atoms. The molecule has 1 aliphatic carbocycles. The Morgan fingerprint density at radius 1 is 1.44 bits per heavy atom. The summed E-state index contributed by atoms with van der Waals surface area (Å²) in [7, 11) is 0. The van der Waals surface area contributed by atoms with Crippen LogP contribution in [0.15, 0.2) is 42.5 Å². The minimum absolute atomic E-state index is 0.584. The van der Waals surface area contributed by atoms with Crippen molar-refractivity contribution >= 4 is 33.1 Å². The van der Waals surface area contributed by atoms with E-state index in [9.17, 15) is 0 Å². The Hall–Kier alpha value is -1.04. The summed E-state index contributed by atoms with van der Waals surface area (Å²) in [5.41, 5.74) is 2.18. The van der Waals surface area contributed by atoms with Crippen LogP contribution in [0.25, 0.3) is 5.57 Å². The van der Waals surface area contributed by atoms with Crippen molar-refractivity contribution in [2.75, 3.05) is 0 Å². The summed E-state index contributed by atoms with van der Waals surface area (Å²) >= 11 is 9.38. The lowest BCUT2D eigenvalue weighted by molar-refractivity contribution is 0.929. The molecule has 1 atom stereocenters. The number of allylic oxidation sites excluding steroid dienone is 4. The predicted molar refractivity (Wildman–Crippen MR) is 70.5 cm³/mol. The molecule has 1 nitrogen and oxygen atoms in total. The zero-order valence-electron chi connectivity index (χ0n) is 8.45. The molecular formula is C13H9BrClN. The highest BCUT2D eigenvalue weighted by molar-refractivity contribution is 9.10. The molecular weight excluding hydrogens is 286 g/mol. The summed E-state index contributed by atoms with van der Waals surface area (Å²) in [4.78, 5) is 0. The molecule has 0 saturated heterocycles. The van der Waals surface area contributed by atoms with E-state index in [0.29, 0.717) is 11.4 Å². The largest absolute Gasteiger partial charge is 0.196 e. The molecule has 16 heavy (non-hydrogen) atoms. The summed E-state index contributed by atoms with van der Waals surface area (Å²) in [5.74, 6) is 0. The number of nitriles is 1. The van der Waals surface area contributed by atoms with Gasteiger partial charge in [-0.2, -0.15) is 5.26 Å². The van der Waals surface area contributed by atoms with Crippen molar-refractivity contribution in [3.8, 4) is 6.07 Å². The van der Waals surface area contributed by atoms with Gasteiger partial charge in [0.25, 0.3) is 0 Å². The first-order valence-electron chi connectivity index (χ1n) is 4.87. The Bertz CT molecular complexity index is 513. The van der Waals surface area contributed by atoms with Crippen molar-refractivity contribution < 1.29 is 0 Å². The molecule has 2 rings (SSSR count). The van der Waals surface area contributed by atoms with E-state index < -0.39 is 4.32 Å². The van der Waals surface area contributed by atoms with Crippen LogP contribution in [0.1, 0.15) is 12.0 Å². The summed E-state index contributed by atoms with van der Waals surface area (Å²) in [6, 6.07) is 9.93. The van der Waals surface area contributed by atoms with Crippen molar-refractivity contribution in [3.63, 3.8) is 0 Å². The summed E-state index contributed by atoms with van der Waals surface area (Å²) in [6.45, 7) is 0. The molecule has 1 aromatic rings. The minimum atomic E-state index is -0.584. The fourth-order valence-electron chi connectivity index (χ4n) is 1.68. The van der Waals surface area contributed by atoms with Crippen molar-refractivity contribution in [1.29, 1.82) is 5.26 Å². The topological polar surface area (TPSA) is 23.8 Å². The standard InChI is InChI=1S/C13H9BrClN/c14-13(9-16)6-2-4-11(8-13)10-3-1-5-12(15)7-10/h1-7H,8H2. The van der Waals surface area contributed by atoms with Gasteiger partial charge in [0, 0.05) is 11.4 Å². The van der Waals surface area contributed by atoms with Crippen LogP contribution in [0.4, 0.5) is 0 Å². The Kier molecular flexibility index (Phi) is 3.18. The Morgan fingerprint density at radius 3 is 2.94 bits per heavy atom. The molecule has 0 saturated carbocycles. The first-order valence-corrected chi connectivity index (χ1v) is 6.05. The average Bonchev–Trinajstić information content (AvgIpc) is 2.29. The number of rotatable bonds is 1. The third-order valence-electron chi connectivity index (χ3n) is 2.49. The van der Waals surface area contributed by atoms with Crippen LogP contribution in [0.3, 0.4) is 0 Å². The van der Waals surface area contributed by atoms with Crippen molar-refractivity contribution in [2.45, 2.75) is 10.7 Å². The van der Waals surface area contributed by atoms with E-state index in [4.69, 9.17) is 16.9 Å². The molecule has 0 N–H and O–H groups in total. The third-order valence-corrected chi connectivity index (χ3v) is 3.44. The van der Waals surface area contributed by atoms with E-state index in [-0.39, 0.29) is 0 Å². The van der Waals surface area contributed by atoms with Gasteiger partial charge in [0.2, 0.25) is 0 Å². The Labute approximate surface area is 108 Å². The van der Waals surface area contributed by atoms with E-state index in [1.165, 1.54) is 0 Å². The first kappa shape index (κ1) is 11.4. The number of hydrogen-bond donors (Lipinski definition) is 0. The lowest BCUT2D eigenvalue weighted by atomic mass is 9.91. The molecule has 3 heteroatoms. The van der Waals surface area contributed by atoms with Crippen LogP contribution >= 0.6 is 27.5 Å². The molecule has 1 aromatic carbocycles. The van der Waals surface area contributed by atoms with Gasteiger partial charge < -0.3 is 0 Å². The van der Waals surface area contributed by atoms with E-state index >= 15 is 0 Å². The second kappa shape index (κ2) is 4.45. The zero-order valence-corrected chi connectivity index (χ0v) is 10.8. The molecule has 0 bridgehead atoms. The van der Waals surface area contributed by atoms with Gasteiger partial charge in [0.15, 0.2) is 0 Å². The highest BCUT2D eigenvalue weighted by Crippen LogP contribution is 2.35. The van der Waals surface area contributed by atoms with Crippen molar-refractivity contribution in [1.82, 2.24) is 0 Å². The van der Waals surface area contributed by atoms with Gasteiger partial charge >= 0.3 is 0 Å². The van der Waals surface area contributed by atoms with E-state index in [0.717, 1.165) is 11.1 Å². The maximum Gasteiger partial charge on any atom is 0.134 e. The van der Waals surface area contributed by atoms with Gasteiger partial charge in [-0.05, 0) is 23.3 Å². The van der Waals surface area contributed by atoms with Crippen molar-refractivity contribution in [2.24, 2.45) is 0 Å². The van der Waals surface area contributed by atoms with Gasteiger partial charge in [-0.15, -0.1) is 0 Å². The highest BCUT2D eigenvalue weighted by Gasteiger charge is 2.26. The predicted octanol–water partition coefficient (Wildman–Crippen LogP) is 4.34. The van der Waals surface area contributed by atoms with Gasteiger partial charge in [-0.3, -0.25) is 0 Å². The first-order chi connectivity index (χ1) is 7.63. The van der Waals surface area contributed by atoms with Crippen LogP contribution < -0.4 is 0 Å². The number of nitrogens with zero attached hydrogens (tertiary/aromatic N) is 1. The fraction of sp³-hybridized carbons (Fsp3) is 0.154. The molecule has 1 unspecified atom stereocenters. The minimum Gasteiger partial charge on any atom is -0.196 e. The molecule has 0 aromatic heterocycles. The summed E-state index contributed by atoms with van der Waals surface area (Å²) < 4.78 is -0.584. The normalized spacial score (nSPS) is 23.7. The maximum absolute atomic E-state index is 9.07. The third kappa shape index (κ3) is 2.37. The quantitative estimate of drug-likeness (QED) is 0.707. The SMILES string of the molecule is N#CC1(Br)C=CC=C(c2cccc(Cl)c2)C1. The van der Waals surface area contributed by atoms with Gasteiger partial charge in [0.05, 0.1) is 6.07 Å². The van der Waals surface area contributed by atoms with Crippen LogP contribution in [-0.4, -0.2) is 4.32 Å². The zero-order chi connectivity index (χ0) is 11.6. The molecule has 0 fully saturated rings. The average molecular weight is 295 g/mol. The van der Waals surface area contributed by atoms with E-state index in [1.54, 1.807) is 0 Å². The van der Waals surface area contributed by atoms with Gasteiger partial charge in [0.1, 0.15) is 4.32 Å². The van der Waals surface area contributed by atoms with Crippen molar-refractivity contribution in [3.05, 3.63) is 53.1 Å². The highest BCUT2D eigenvalue weighted by atomic mass is 79.9. The molecule has 0 heterocycles. The van der Waals surface area contributed by atoms with E-state index in [2.05, 4.69) is 22.0 Å². The van der Waals surface area contributed by atoms with Crippen LogP contribution in [0, 0.1) is 11.3 Å². The Balaban J connectivity index is 2.34. The molecule has 80 valence electrons. The van der Waals surface area contributed by atoms with E-state index in [1.807, 2.05) is 42.5 Å². The van der Waals surface area contributed by atoms with Gasteiger partial charge in [-0.25, -0.2) is 0 Å². The number of alkyl halides is 1. The monoisotopic (exact) mass is 293 g/mol. The lowest BCUT2D eigenvalue weighted by Crippen LogP contribution is -2.17. The molecule has 1 aliphatic rings. The number of halogens is 2. The maximum atomic E-state index is 9.07. The second-order valence-corrected chi connectivity index (χ2v) is 5.56. The molecule has 0 aliphatic heterocycles. The molecule has 0 amide bonds. The summed E-state index contributed by atoms with van der Waals surface area (Å²) in [5, 5.41) is 9.78.